The molecule has 1 aromatic carbocycles. The van der Waals surface area contributed by atoms with Crippen molar-refractivity contribution in [2.24, 2.45) is 10.9 Å². The fourth-order valence-corrected chi connectivity index (χ4v) is 3.90. The van der Waals surface area contributed by atoms with Crippen LogP contribution >= 0.6 is 0 Å². The molecule has 2 unspecified atom stereocenters. The topological polar surface area (TPSA) is 95.1 Å². The minimum Gasteiger partial charge on any atom is -0.329 e. The Hall–Kier alpha value is -3.48. The number of nitrogens with one attached hydrogen (secondary N) is 3. The summed E-state index contributed by atoms with van der Waals surface area (Å²) in [6.45, 7) is 2.10. The van der Waals surface area contributed by atoms with Gasteiger partial charge in [0.25, 0.3) is 0 Å². The van der Waals surface area contributed by atoms with E-state index in [1.165, 1.54) is 0 Å². The van der Waals surface area contributed by atoms with Crippen LogP contribution in [0.2, 0.25) is 0 Å². The first-order chi connectivity index (χ1) is 13.7. The molecule has 2 atom stereocenters. The molecule has 140 valence electrons. The molecule has 0 radical (unpaired) electrons. The predicted octanol–water partition coefficient (Wildman–Crippen LogP) is 3.32. The third-order valence-electron chi connectivity index (χ3n) is 5.14. The Labute approximate surface area is 162 Å². The number of Topliss-reactive ketones (excluding diaryl/α,β-unsaturated/α-hetero) is 1. The van der Waals surface area contributed by atoms with E-state index >= 15 is 0 Å². The number of hydrogen-bond acceptors (Lipinski definition) is 6. The monoisotopic (exact) mass is 372 g/mol. The van der Waals surface area contributed by atoms with Gasteiger partial charge >= 0.3 is 0 Å². The van der Waals surface area contributed by atoms with E-state index in [0.29, 0.717) is 24.2 Å². The molecule has 3 heterocycles. The summed E-state index contributed by atoms with van der Waals surface area (Å²) in [5.41, 5.74) is 4.42. The Morgan fingerprint density at radius 2 is 2.04 bits per heavy atom. The van der Waals surface area contributed by atoms with Crippen LogP contribution in [0.1, 0.15) is 31.4 Å². The van der Waals surface area contributed by atoms with Crippen molar-refractivity contribution in [1.82, 2.24) is 20.3 Å². The third-order valence-corrected chi connectivity index (χ3v) is 5.14. The number of pyridine rings is 1. The van der Waals surface area contributed by atoms with E-state index in [1.54, 1.807) is 12.4 Å². The summed E-state index contributed by atoms with van der Waals surface area (Å²) in [7, 11) is 0. The van der Waals surface area contributed by atoms with Crippen LogP contribution in [0.4, 0.5) is 5.95 Å². The molecule has 0 amide bonds. The predicted molar refractivity (Wildman–Crippen MR) is 108 cm³/mol. The molecule has 28 heavy (non-hydrogen) atoms. The van der Waals surface area contributed by atoms with E-state index in [-0.39, 0.29) is 11.8 Å². The minimum absolute atomic E-state index is 0.154. The quantitative estimate of drug-likeness (QED) is 0.641. The third kappa shape index (κ3) is 2.94. The van der Waals surface area contributed by atoms with Gasteiger partial charge in [-0.05, 0) is 36.1 Å². The van der Waals surface area contributed by atoms with Crippen LogP contribution in [0.5, 0.6) is 0 Å². The molecule has 3 aromatic rings. The second-order valence-electron chi connectivity index (χ2n) is 7.35. The largest absolute Gasteiger partial charge is 0.329 e. The van der Waals surface area contributed by atoms with Crippen LogP contribution in [-0.2, 0) is 4.79 Å². The molecule has 2 aromatic heterocycles. The number of allylic oxidation sites excluding steroid dienone is 1. The van der Waals surface area contributed by atoms with Crippen molar-refractivity contribution in [3.8, 4) is 0 Å². The summed E-state index contributed by atoms with van der Waals surface area (Å²) in [6, 6.07) is 11.3. The molecule has 0 saturated carbocycles. The van der Waals surface area contributed by atoms with Crippen molar-refractivity contribution >= 4 is 28.7 Å². The smallest absolute Gasteiger partial charge is 0.208 e. The van der Waals surface area contributed by atoms with Crippen LogP contribution in [0.3, 0.4) is 0 Å². The number of hydrogen-bond donors (Lipinski definition) is 3. The molecular formula is C21H20N6O. The van der Waals surface area contributed by atoms with Gasteiger partial charge in [-0.1, -0.05) is 25.1 Å². The summed E-state index contributed by atoms with van der Waals surface area (Å²) >= 11 is 0. The summed E-state index contributed by atoms with van der Waals surface area (Å²) in [6.07, 6.45) is 4.87. The summed E-state index contributed by atoms with van der Waals surface area (Å²) in [5.74, 6) is 1.64. The van der Waals surface area contributed by atoms with Crippen molar-refractivity contribution < 1.29 is 4.79 Å². The lowest BCUT2D eigenvalue weighted by Crippen LogP contribution is -2.40. The molecule has 0 saturated heterocycles. The van der Waals surface area contributed by atoms with Crippen LogP contribution in [0.15, 0.2) is 65.1 Å². The van der Waals surface area contributed by atoms with Crippen molar-refractivity contribution in [2.75, 3.05) is 5.32 Å². The van der Waals surface area contributed by atoms with Crippen molar-refractivity contribution in [3.63, 3.8) is 0 Å². The average Bonchev–Trinajstić information content (AvgIpc) is 3.10. The van der Waals surface area contributed by atoms with E-state index in [4.69, 9.17) is 4.99 Å². The zero-order valence-corrected chi connectivity index (χ0v) is 15.4. The van der Waals surface area contributed by atoms with E-state index in [2.05, 4.69) is 32.5 Å². The first-order valence-electron chi connectivity index (χ1n) is 9.40. The molecule has 7 nitrogen and oxygen atoms in total. The number of ketones is 1. The van der Waals surface area contributed by atoms with Crippen molar-refractivity contribution in [3.05, 3.63) is 65.6 Å². The van der Waals surface area contributed by atoms with Gasteiger partial charge in [-0.25, -0.2) is 9.98 Å². The summed E-state index contributed by atoms with van der Waals surface area (Å²) in [4.78, 5) is 29.6. The molecule has 7 heteroatoms. The summed E-state index contributed by atoms with van der Waals surface area (Å²) < 4.78 is 0. The maximum atomic E-state index is 12.8. The fourth-order valence-electron chi connectivity index (χ4n) is 3.90. The van der Waals surface area contributed by atoms with Gasteiger partial charge in [0, 0.05) is 30.1 Å². The summed E-state index contributed by atoms with van der Waals surface area (Å²) in [5, 5.41) is 6.57. The molecule has 0 fully saturated rings. The number of H-pyrrole nitrogens is 1. The first-order valence-corrected chi connectivity index (χ1v) is 9.40. The minimum atomic E-state index is -0.364. The number of para-hydroxylation sites is 2. The Morgan fingerprint density at radius 1 is 1.14 bits per heavy atom. The van der Waals surface area contributed by atoms with Gasteiger partial charge < -0.3 is 10.3 Å². The van der Waals surface area contributed by atoms with Gasteiger partial charge in [0.1, 0.15) is 6.04 Å². The number of guanidine groups is 1. The van der Waals surface area contributed by atoms with Gasteiger partial charge in [-0.3, -0.25) is 15.1 Å². The second kappa shape index (κ2) is 6.60. The zero-order chi connectivity index (χ0) is 19.1. The molecule has 1 aliphatic carbocycles. The normalized spacial score (nSPS) is 21.9. The van der Waals surface area contributed by atoms with E-state index in [9.17, 15) is 4.79 Å². The maximum absolute atomic E-state index is 12.8. The highest BCUT2D eigenvalue weighted by atomic mass is 16.1. The highest BCUT2D eigenvalue weighted by molar-refractivity contribution is 6.03. The number of benzene rings is 1. The van der Waals surface area contributed by atoms with E-state index in [1.807, 2.05) is 36.4 Å². The number of imidazole rings is 1. The Kier molecular flexibility index (Phi) is 3.93. The van der Waals surface area contributed by atoms with Gasteiger partial charge in [0.2, 0.25) is 11.9 Å². The Bertz CT molecular complexity index is 1080. The first kappa shape index (κ1) is 16.7. The molecule has 3 N–H and O–H groups in total. The molecular weight excluding hydrogens is 352 g/mol. The lowest BCUT2D eigenvalue weighted by molar-refractivity contribution is -0.117. The lowest BCUT2D eigenvalue weighted by Gasteiger charge is -2.32. The fraction of sp³-hybridized carbons (Fsp3) is 0.238. The van der Waals surface area contributed by atoms with E-state index in [0.717, 1.165) is 34.3 Å². The number of nitrogens with zero attached hydrogens (tertiary/aromatic N) is 3. The van der Waals surface area contributed by atoms with Crippen LogP contribution in [0, 0.1) is 5.92 Å². The number of rotatable bonds is 2. The molecule has 5 rings (SSSR count). The standard InChI is InChI=1S/C21H20N6O/c1-12-9-16-18(17(28)10-12)19(13-5-4-8-22-11-13)26-21(25-16)27-20-23-14-6-2-3-7-15(14)24-20/h2-8,11-12,19H,9-10H2,1H3,(H3,23,24,25,26,27). The SMILES string of the molecule is CC1CC(=O)C2=C(C1)NC(Nc1nc3ccccc3[nH]1)=NC2c1cccnc1. The number of carbonyl (C=O) groups excluding carboxylic acids is 1. The maximum Gasteiger partial charge on any atom is 0.208 e. The number of fused-ring (bicyclic) bond motifs is 1. The van der Waals surface area contributed by atoms with Crippen molar-refractivity contribution in [1.29, 1.82) is 0 Å². The molecule has 1 aliphatic heterocycles. The number of carbonyl (C=O) groups is 1. The van der Waals surface area contributed by atoms with Crippen molar-refractivity contribution in [2.45, 2.75) is 25.8 Å². The molecule has 2 aliphatic rings. The van der Waals surface area contributed by atoms with Gasteiger partial charge in [0.05, 0.1) is 11.0 Å². The average molecular weight is 372 g/mol. The second-order valence-corrected chi connectivity index (χ2v) is 7.35. The number of anilines is 1. The number of aromatic nitrogens is 3. The van der Waals surface area contributed by atoms with Gasteiger partial charge in [-0.2, -0.15) is 0 Å². The van der Waals surface area contributed by atoms with Gasteiger partial charge in [0.15, 0.2) is 5.78 Å². The van der Waals surface area contributed by atoms with Gasteiger partial charge in [-0.15, -0.1) is 0 Å². The number of aromatic amines is 1. The van der Waals surface area contributed by atoms with Crippen LogP contribution in [-0.4, -0.2) is 26.7 Å². The number of aliphatic imine (C=N–C) groups is 1. The highest BCUT2D eigenvalue weighted by Crippen LogP contribution is 2.37. The lowest BCUT2D eigenvalue weighted by atomic mass is 9.82. The van der Waals surface area contributed by atoms with E-state index < -0.39 is 0 Å². The van der Waals surface area contributed by atoms with Crippen LogP contribution < -0.4 is 10.6 Å². The zero-order valence-electron chi connectivity index (χ0n) is 15.4. The molecule has 0 bridgehead atoms. The Morgan fingerprint density at radius 3 is 2.86 bits per heavy atom. The highest BCUT2D eigenvalue weighted by Gasteiger charge is 2.35. The molecule has 0 spiro atoms. The van der Waals surface area contributed by atoms with Crippen LogP contribution in [0.25, 0.3) is 11.0 Å². The Balaban J connectivity index is 1.52.